The van der Waals surface area contributed by atoms with E-state index in [0.717, 1.165) is 24.9 Å². The van der Waals surface area contributed by atoms with Gasteiger partial charge in [0.25, 0.3) is 0 Å². The predicted molar refractivity (Wildman–Crippen MR) is 105 cm³/mol. The lowest BCUT2D eigenvalue weighted by molar-refractivity contribution is -0.116. The molecule has 0 spiro atoms. The van der Waals surface area contributed by atoms with Gasteiger partial charge in [-0.25, -0.2) is 13.1 Å². The summed E-state index contributed by atoms with van der Waals surface area (Å²) in [7, 11) is -3.65. The van der Waals surface area contributed by atoms with E-state index >= 15 is 0 Å². The molecular formula is C20H24N2O4S. The molecule has 2 N–H and O–H groups in total. The molecule has 0 saturated carbocycles. The minimum absolute atomic E-state index is 0.0340. The number of nitrogens with one attached hydrogen (secondary N) is 2. The molecule has 0 bridgehead atoms. The molecule has 0 aromatic heterocycles. The first kappa shape index (κ1) is 19.4. The fourth-order valence-electron chi connectivity index (χ4n) is 3.14. The molecule has 1 aliphatic carbocycles. The molecule has 144 valence electrons. The Bertz CT molecular complexity index is 908. The van der Waals surface area contributed by atoms with E-state index in [4.69, 9.17) is 4.74 Å². The molecular weight excluding hydrogens is 364 g/mol. The molecule has 0 heterocycles. The lowest BCUT2D eigenvalue weighted by atomic mass is 10.1. The van der Waals surface area contributed by atoms with E-state index in [9.17, 15) is 13.2 Å². The van der Waals surface area contributed by atoms with Crippen LogP contribution in [-0.2, 0) is 27.7 Å². The van der Waals surface area contributed by atoms with Gasteiger partial charge in [0.15, 0.2) is 0 Å². The van der Waals surface area contributed by atoms with Crippen LogP contribution in [0.3, 0.4) is 0 Å². The largest absolute Gasteiger partial charge is 0.494 e. The van der Waals surface area contributed by atoms with Crippen molar-refractivity contribution in [3.63, 3.8) is 0 Å². The Morgan fingerprint density at radius 3 is 2.56 bits per heavy atom. The number of anilines is 1. The maximum absolute atomic E-state index is 12.3. The van der Waals surface area contributed by atoms with Crippen molar-refractivity contribution in [1.82, 2.24) is 4.72 Å². The standard InChI is InChI=1S/C20H24N2O4S/c1-2-26-18-8-10-19(11-9-18)27(24,25)21-13-12-20(23)22-17-7-6-15-4-3-5-16(15)14-17/h6-11,14,21H,2-5,12-13H2,1H3,(H,22,23). The van der Waals surface area contributed by atoms with Gasteiger partial charge in [-0.2, -0.15) is 0 Å². The van der Waals surface area contributed by atoms with Crippen LogP contribution in [0.2, 0.25) is 0 Å². The fourth-order valence-corrected chi connectivity index (χ4v) is 4.17. The summed E-state index contributed by atoms with van der Waals surface area (Å²) in [5.74, 6) is 0.396. The highest BCUT2D eigenvalue weighted by Gasteiger charge is 2.15. The maximum atomic E-state index is 12.3. The molecule has 2 aromatic rings. The van der Waals surface area contributed by atoms with Crippen molar-refractivity contribution in [3.8, 4) is 5.75 Å². The summed E-state index contributed by atoms with van der Waals surface area (Å²) in [4.78, 5) is 12.2. The van der Waals surface area contributed by atoms with Crippen LogP contribution in [0.25, 0.3) is 0 Å². The second kappa shape index (κ2) is 8.54. The molecule has 0 aliphatic heterocycles. The molecule has 6 nitrogen and oxygen atoms in total. The van der Waals surface area contributed by atoms with Crippen LogP contribution in [0.5, 0.6) is 5.75 Å². The molecule has 1 aliphatic rings. The number of aryl methyl sites for hydroxylation is 2. The number of amides is 1. The smallest absolute Gasteiger partial charge is 0.240 e. The molecule has 0 saturated heterocycles. The lowest BCUT2D eigenvalue weighted by Crippen LogP contribution is -2.27. The average molecular weight is 388 g/mol. The second-order valence-electron chi connectivity index (χ2n) is 6.44. The number of ether oxygens (including phenoxy) is 1. The lowest BCUT2D eigenvalue weighted by Gasteiger charge is -2.09. The van der Waals surface area contributed by atoms with Crippen LogP contribution in [0.4, 0.5) is 5.69 Å². The van der Waals surface area contributed by atoms with Crippen molar-refractivity contribution in [1.29, 1.82) is 0 Å². The van der Waals surface area contributed by atoms with E-state index in [1.54, 1.807) is 12.1 Å². The summed E-state index contributed by atoms with van der Waals surface area (Å²) >= 11 is 0. The number of rotatable bonds is 8. The monoisotopic (exact) mass is 388 g/mol. The summed E-state index contributed by atoms with van der Waals surface area (Å²) in [6.45, 7) is 2.41. The average Bonchev–Trinajstić information content (AvgIpc) is 3.10. The minimum Gasteiger partial charge on any atom is -0.494 e. The number of fused-ring (bicyclic) bond motifs is 1. The SMILES string of the molecule is CCOc1ccc(S(=O)(=O)NCCC(=O)Nc2ccc3c(c2)CCC3)cc1. The van der Waals surface area contributed by atoms with E-state index in [1.165, 1.54) is 23.3 Å². The second-order valence-corrected chi connectivity index (χ2v) is 8.20. The fraction of sp³-hybridized carbons (Fsp3) is 0.350. The summed E-state index contributed by atoms with van der Waals surface area (Å²) in [6, 6.07) is 12.1. The Kier molecular flexibility index (Phi) is 6.13. The first-order chi connectivity index (χ1) is 13.0. The van der Waals surface area contributed by atoms with Gasteiger partial charge in [-0.15, -0.1) is 0 Å². The zero-order chi connectivity index (χ0) is 19.3. The van der Waals surface area contributed by atoms with Crippen molar-refractivity contribution in [2.45, 2.75) is 37.5 Å². The Morgan fingerprint density at radius 2 is 1.81 bits per heavy atom. The molecule has 0 fully saturated rings. The number of hydrogen-bond acceptors (Lipinski definition) is 4. The number of carbonyl (C=O) groups is 1. The molecule has 27 heavy (non-hydrogen) atoms. The van der Waals surface area contributed by atoms with Crippen LogP contribution < -0.4 is 14.8 Å². The van der Waals surface area contributed by atoms with Crippen molar-refractivity contribution in [3.05, 3.63) is 53.6 Å². The zero-order valence-corrected chi connectivity index (χ0v) is 16.1. The number of carbonyl (C=O) groups excluding carboxylic acids is 1. The molecule has 0 radical (unpaired) electrons. The van der Waals surface area contributed by atoms with Crippen LogP contribution in [0, 0.1) is 0 Å². The summed E-state index contributed by atoms with van der Waals surface area (Å²) < 4.78 is 32.3. The number of hydrogen-bond donors (Lipinski definition) is 2. The Morgan fingerprint density at radius 1 is 1.07 bits per heavy atom. The molecule has 3 rings (SSSR count). The summed E-state index contributed by atoms with van der Waals surface area (Å²) in [5.41, 5.74) is 3.38. The predicted octanol–water partition coefficient (Wildman–Crippen LogP) is 2.88. The molecule has 7 heteroatoms. The van der Waals surface area contributed by atoms with E-state index in [-0.39, 0.29) is 23.8 Å². The van der Waals surface area contributed by atoms with Gasteiger partial charge in [0.2, 0.25) is 15.9 Å². The van der Waals surface area contributed by atoms with E-state index in [0.29, 0.717) is 12.4 Å². The highest BCUT2D eigenvalue weighted by Crippen LogP contribution is 2.25. The van der Waals surface area contributed by atoms with Gasteiger partial charge < -0.3 is 10.1 Å². The first-order valence-electron chi connectivity index (χ1n) is 9.12. The quantitative estimate of drug-likeness (QED) is 0.728. The number of sulfonamides is 1. The van der Waals surface area contributed by atoms with Gasteiger partial charge in [0.1, 0.15) is 5.75 Å². The zero-order valence-electron chi connectivity index (χ0n) is 15.3. The van der Waals surface area contributed by atoms with Crippen LogP contribution >= 0.6 is 0 Å². The Labute approximate surface area is 160 Å². The molecule has 1 amide bonds. The highest BCUT2D eigenvalue weighted by atomic mass is 32.2. The van der Waals surface area contributed by atoms with Gasteiger partial charge in [0, 0.05) is 18.7 Å². The molecule has 0 atom stereocenters. The number of benzene rings is 2. The first-order valence-corrected chi connectivity index (χ1v) is 10.6. The third-order valence-corrected chi connectivity index (χ3v) is 5.95. The van der Waals surface area contributed by atoms with Gasteiger partial charge in [0.05, 0.1) is 11.5 Å². The van der Waals surface area contributed by atoms with E-state index < -0.39 is 10.0 Å². The highest BCUT2D eigenvalue weighted by molar-refractivity contribution is 7.89. The third-order valence-electron chi connectivity index (χ3n) is 4.47. The van der Waals surface area contributed by atoms with Crippen LogP contribution in [-0.4, -0.2) is 27.5 Å². The van der Waals surface area contributed by atoms with Crippen molar-refractivity contribution in [2.75, 3.05) is 18.5 Å². The Balaban J connectivity index is 1.50. The summed E-state index contributed by atoms with van der Waals surface area (Å²) in [5, 5.41) is 2.83. The minimum atomic E-state index is -3.65. The third kappa shape index (κ3) is 5.08. The molecule has 0 unspecified atom stereocenters. The van der Waals surface area contributed by atoms with Crippen molar-refractivity contribution in [2.24, 2.45) is 0 Å². The van der Waals surface area contributed by atoms with Gasteiger partial charge >= 0.3 is 0 Å². The molecule has 2 aromatic carbocycles. The van der Waals surface area contributed by atoms with E-state index in [2.05, 4.69) is 10.0 Å². The van der Waals surface area contributed by atoms with Crippen LogP contribution in [0.1, 0.15) is 30.9 Å². The normalized spacial score (nSPS) is 13.2. The Hall–Kier alpha value is -2.38. The van der Waals surface area contributed by atoms with Crippen molar-refractivity contribution < 1.29 is 17.9 Å². The van der Waals surface area contributed by atoms with Gasteiger partial charge in [-0.05, 0) is 73.7 Å². The van der Waals surface area contributed by atoms with Gasteiger partial charge in [-0.1, -0.05) is 6.07 Å². The maximum Gasteiger partial charge on any atom is 0.240 e. The van der Waals surface area contributed by atoms with Gasteiger partial charge in [-0.3, -0.25) is 4.79 Å². The van der Waals surface area contributed by atoms with E-state index in [1.807, 2.05) is 25.1 Å². The van der Waals surface area contributed by atoms with Crippen molar-refractivity contribution >= 4 is 21.6 Å². The topological polar surface area (TPSA) is 84.5 Å². The van der Waals surface area contributed by atoms with Crippen LogP contribution in [0.15, 0.2) is 47.4 Å². The summed E-state index contributed by atoms with van der Waals surface area (Å²) in [6.07, 6.45) is 3.35.